The number of carbonyl (C=O) groups is 1. The second kappa shape index (κ2) is 4.56. The summed E-state index contributed by atoms with van der Waals surface area (Å²) in [6, 6.07) is 7.85. The number of rotatable bonds is 4. The molecule has 0 aromatic heterocycles. The molecule has 86 valence electrons. The number of para-hydroxylation sites is 1. The highest BCUT2D eigenvalue weighted by Crippen LogP contribution is 2.50. The number of hydrogen-bond acceptors (Lipinski definition) is 3. The van der Waals surface area contributed by atoms with E-state index >= 15 is 0 Å². The SMILES string of the molecule is CCOC(=O)C1CC1c1ccccc1OC. The van der Waals surface area contributed by atoms with Gasteiger partial charge in [0, 0.05) is 5.92 Å². The number of methoxy groups -OCH3 is 1. The lowest BCUT2D eigenvalue weighted by molar-refractivity contribution is -0.144. The monoisotopic (exact) mass is 220 g/mol. The van der Waals surface area contributed by atoms with Gasteiger partial charge in [0.05, 0.1) is 19.6 Å². The Morgan fingerprint density at radius 3 is 2.88 bits per heavy atom. The summed E-state index contributed by atoms with van der Waals surface area (Å²) in [4.78, 5) is 11.5. The lowest BCUT2D eigenvalue weighted by Gasteiger charge is -2.07. The molecule has 2 unspecified atom stereocenters. The Bertz CT molecular complexity index is 387. The van der Waals surface area contributed by atoms with Gasteiger partial charge in [-0.25, -0.2) is 0 Å². The van der Waals surface area contributed by atoms with E-state index in [1.807, 2.05) is 31.2 Å². The van der Waals surface area contributed by atoms with E-state index in [1.165, 1.54) is 0 Å². The molecule has 0 saturated heterocycles. The van der Waals surface area contributed by atoms with Gasteiger partial charge in [0.1, 0.15) is 5.75 Å². The summed E-state index contributed by atoms with van der Waals surface area (Å²) in [5.74, 6) is 1.07. The van der Waals surface area contributed by atoms with Gasteiger partial charge < -0.3 is 9.47 Å². The van der Waals surface area contributed by atoms with Gasteiger partial charge in [0.2, 0.25) is 0 Å². The number of benzene rings is 1. The van der Waals surface area contributed by atoms with Crippen molar-refractivity contribution < 1.29 is 14.3 Å². The Kier molecular flexibility index (Phi) is 3.13. The van der Waals surface area contributed by atoms with Crippen LogP contribution in [-0.2, 0) is 9.53 Å². The molecule has 0 aliphatic heterocycles. The van der Waals surface area contributed by atoms with Crippen LogP contribution in [0.1, 0.15) is 24.8 Å². The first-order valence-electron chi connectivity index (χ1n) is 5.57. The van der Waals surface area contributed by atoms with Gasteiger partial charge in [-0.3, -0.25) is 4.79 Å². The highest BCUT2D eigenvalue weighted by Gasteiger charge is 2.46. The van der Waals surface area contributed by atoms with Gasteiger partial charge >= 0.3 is 5.97 Å². The van der Waals surface area contributed by atoms with Crippen LogP contribution in [0.3, 0.4) is 0 Å². The molecular formula is C13H16O3. The van der Waals surface area contributed by atoms with Gasteiger partial charge in [-0.2, -0.15) is 0 Å². The fourth-order valence-electron chi connectivity index (χ4n) is 2.02. The van der Waals surface area contributed by atoms with E-state index in [9.17, 15) is 4.79 Å². The van der Waals surface area contributed by atoms with Crippen molar-refractivity contribution in [3.8, 4) is 5.75 Å². The summed E-state index contributed by atoms with van der Waals surface area (Å²) in [7, 11) is 1.65. The summed E-state index contributed by atoms with van der Waals surface area (Å²) in [5, 5.41) is 0. The Labute approximate surface area is 95.4 Å². The average molecular weight is 220 g/mol. The molecule has 0 heterocycles. The van der Waals surface area contributed by atoms with E-state index in [0.29, 0.717) is 6.61 Å². The van der Waals surface area contributed by atoms with Gasteiger partial charge in [-0.05, 0) is 25.0 Å². The van der Waals surface area contributed by atoms with E-state index in [2.05, 4.69) is 0 Å². The third-order valence-corrected chi connectivity index (χ3v) is 2.92. The highest BCUT2D eigenvalue weighted by molar-refractivity contribution is 5.77. The topological polar surface area (TPSA) is 35.5 Å². The smallest absolute Gasteiger partial charge is 0.309 e. The van der Waals surface area contributed by atoms with Crippen LogP contribution in [0.25, 0.3) is 0 Å². The van der Waals surface area contributed by atoms with E-state index in [1.54, 1.807) is 7.11 Å². The van der Waals surface area contributed by atoms with Gasteiger partial charge in [0.15, 0.2) is 0 Å². The molecule has 2 rings (SSSR count). The van der Waals surface area contributed by atoms with E-state index in [0.717, 1.165) is 17.7 Å². The third kappa shape index (κ3) is 2.03. The Balaban J connectivity index is 2.08. The maximum absolute atomic E-state index is 11.5. The first kappa shape index (κ1) is 11.0. The summed E-state index contributed by atoms with van der Waals surface area (Å²) >= 11 is 0. The number of esters is 1. The van der Waals surface area contributed by atoms with E-state index in [4.69, 9.17) is 9.47 Å². The maximum atomic E-state index is 11.5. The normalized spacial score (nSPS) is 22.6. The van der Waals surface area contributed by atoms with Crippen molar-refractivity contribution in [3.63, 3.8) is 0 Å². The zero-order chi connectivity index (χ0) is 11.5. The lowest BCUT2D eigenvalue weighted by atomic mass is 10.1. The molecule has 1 aliphatic carbocycles. The molecule has 3 nitrogen and oxygen atoms in total. The predicted octanol–water partition coefficient (Wildman–Crippen LogP) is 2.36. The number of carbonyl (C=O) groups excluding carboxylic acids is 1. The van der Waals surface area contributed by atoms with E-state index < -0.39 is 0 Å². The van der Waals surface area contributed by atoms with Crippen molar-refractivity contribution in [2.24, 2.45) is 5.92 Å². The summed E-state index contributed by atoms with van der Waals surface area (Å²) < 4.78 is 10.3. The van der Waals surface area contributed by atoms with Gasteiger partial charge in [0.25, 0.3) is 0 Å². The first-order chi connectivity index (χ1) is 7.77. The van der Waals surface area contributed by atoms with Crippen LogP contribution in [0.5, 0.6) is 5.75 Å². The fourth-order valence-corrected chi connectivity index (χ4v) is 2.02. The zero-order valence-electron chi connectivity index (χ0n) is 9.60. The molecule has 1 saturated carbocycles. The summed E-state index contributed by atoms with van der Waals surface area (Å²) in [6.45, 7) is 2.28. The molecule has 1 fully saturated rings. The highest BCUT2D eigenvalue weighted by atomic mass is 16.5. The van der Waals surface area contributed by atoms with Crippen LogP contribution in [0.15, 0.2) is 24.3 Å². The van der Waals surface area contributed by atoms with Crippen LogP contribution in [0.2, 0.25) is 0 Å². The van der Waals surface area contributed by atoms with Crippen molar-refractivity contribution in [2.75, 3.05) is 13.7 Å². The summed E-state index contributed by atoms with van der Waals surface area (Å²) in [5.41, 5.74) is 1.11. The Morgan fingerprint density at radius 2 is 2.19 bits per heavy atom. The Morgan fingerprint density at radius 1 is 1.44 bits per heavy atom. The van der Waals surface area contributed by atoms with Gasteiger partial charge in [-0.1, -0.05) is 18.2 Å². The van der Waals surface area contributed by atoms with Gasteiger partial charge in [-0.15, -0.1) is 0 Å². The minimum atomic E-state index is -0.0848. The van der Waals surface area contributed by atoms with Crippen molar-refractivity contribution in [3.05, 3.63) is 29.8 Å². The predicted molar refractivity (Wildman–Crippen MR) is 60.5 cm³/mol. The van der Waals surface area contributed by atoms with Crippen LogP contribution in [0.4, 0.5) is 0 Å². The molecule has 1 aromatic carbocycles. The second-order valence-corrected chi connectivity index (χ2v) is 3.94. The minimum absolute atomic E-state index is 0.0243. The molecular weight excluding hydrogens is 204 g/mol. The Hall–Kier alpha value is -1.51. The molecule has 3 heteroatoms. The maximum Gasteiger partial charge on any atom is 0.309 e. The molecule has 0 radical (unpaired) electrons. The first-order valence-corrected chi connectivity index (χ1v) is 5.57. The minimum Gasteiger partial charge on any atom is -0.496 e. The van der Waals surface area contributed by atoms with Crippen molar-refractivity contribution in [2.45, 2.75) is 19.3 Å². The zero-order valence-corrected chi connectivity index (χ0v) is 9.60. The lowest BCUT2D eigenvalue weighted by Crippen LogP contribution is -2.07. The van der Waals surface area contributed by atoms with Crippen molar-refractivity contribution in [1.82, 2.24) is 0 Å². The summed E-state index contributed by atoms with van der Waals surface area (Å²) in [6.07, 6.45) is 0.874. The molecule has 1 aromatic rings. The molecule has 1 aliphatic rings. The number of hydrogen-bond donors (Lipinski definition) is 0. The second-order valence-electron chi connectivity index (χ2n) is 3.94. The standard InChI is InChI=1S/C13H16O3/c1-3-16-13(14)11-8-10(11)9-6-4-5-7-12(9)15-2/h4-7,10-11H,3,8H2,1-2H3. The molecule has 16 heavy (non-hydrogen) atoms. The largest absolute Gasteiger partial charge is 0.496 e. The van der Waals surface area contributed by atoms with Crippen LogP contribution < -0.4 is 4.74 Å². The van der Waals surface area contributed by atoms with Crippen molar-refractivity contribution in [1.29, 1.82) is 0 Å². The quantitative estimate of drug-likeness (QED) is 0.731. The average Bonchev–Trinajstić information content (AvgIpc) is 3.09. The molecule has 0 bridgehead atoms. The molecule has 0 N–H and O–H groups in total. The third-order valence-electron chi connectivity index (χ3n) is 2.92. The van der Waals surface area contributed by atoms with Crippen LogP contribution >= 0.6 is 0 Å². The van der Waals surface area contributed by atoms with Crippen LogP contribution in [-0.4, -0.2) is 19.7 Å². The van der Waals surface area contributed by atoms with Crippen molar-refractivity contribution >= 4 is 5.97 Å². The van der Waals surface area contributed by atoms with Crippen LogP contribution in [0, 0.1) is 5.92 Å². The molecule has 0 amide bonds. The fraction of sp³-hybridized carbons (Fsp3) is 0.462. The van der Waals surface area contributed by atoms with E-state index in [-0.39, 0.29) is 17.8 Å². The number of ether oxygens (including phenoxy) is 2. The molecule has 2 atom stereocenters. The molecule has 0 spiro atoms.